The summed E-state index contributed by atoms with van der Waals surface area (Å²) >= 11 is 0. The fourth-order valence-electron chi connectivity index (χ4n) is 4.37. The van der Waals surface area contributed by atoms with E-state index in [9.17, 15) is 0 Å². The first-order valence-electron chi connectivity index (χ1n) is 11.2. The maximum Gasteiger partial charge on any atom is 0.137 e. The molecule has 1 aromatic carbocycles. The second-order valence-electron chi connectivity index (χ2n) is 8.42. The van der Waals surface area contributed by atoms with Crippen molar-refractivity contribution in [2.75, 3.05) is 25.5 Å². The zero-order valence-electron chi connectivity index (χ0n) is 19.0. The molecule has 0 radical (unpaired) electrons. The molecule has 0 unspecified atom stereocenters. The van der Waals surface area contributed by atoms with Gasteiger partial charge in [-0.15, -0.1) is 0 Å². The van der Waals surface area contributed by atoms with Crippen LogP contribution in [0.1, 0.15) is 30.0 Å². The molecule has 0 spiro atoms. The summed E-state index contributed by atoms with van der Waals surface area (Å²) in [6.07, 6.45) is 9.95. The van der Waals surface area contributed by atoms with Crippen LogP contribution in [0.5, 0.6) is 0 Å². The van der Waals surface area contributed by atoms with Crippen molar-refractivity contribution in [3.05, 3.63) is 66.8 Å². The molecule has 4 heterocycles. The van der Waals surface area contributed by atoms with Gasteiger partial charge in [0.05, 0.1) is 23.6 Å². The molecule has 0 aliphatic carbocycles. The van der Waals surface area contributed by atoms with Crippen LogP contribution in [0.3, 0.4) is 0 Å². The van der Waals surface area contributed by atoms with Crippen LogP contribution in [0.15, 0.2) is 65.9 Å². The van der Waals surface area contributed by atoms with Gasteiger partial charge in [-0.1, -0.05) is 12.6 Å². The minimum Gasteiger partial charge on any atom is -0.353 e. The lowest BCUT2D eigenvalue weighted by Crippen LogP contribution is -2.29. The number of H-pyrrole nitrogens is 1. The molecule has 0 atom stereocenters. The van der Waals surface area contributed by atoms with Gasteiger partial charge in [0.2, 0.25) is 0 Å². The van der Waals surface area contributed by atoms with Crippen molar-refractivity contribution in [1.29, 1.82) is 0 Å². The molecule has 3 aromatic heterocycles. The van der Waals surface area contributed by atoms with Crippen LogP contribution >= 0.6 is 0 Å². The molecular formula is C25H28N8. The van der Waals surface area contributed by atoms with Gasteiger partial charge >= 0.3 is 0 Å². The standard InChI is InChI=1S/C25H28N8/c1-16-10-18(4-5-24(16)32-26-3)23-14-29-25-22(23)11-19(12-28-25)17(2)31-20-13-30-33(15-20)21-6-8-27-9-7-21/h4-5,10-15,21,27,31H,2,6-9H2,1,3H3,(H,28,29). The highest BCUT2D eigenvalue weighted by molar-refractivity contribution is 5.96. The van der Waals surface area contributed by atoms with Crippen molar-refractivity contribution in [2.45, 2.75) is 25.8 Å². The number of pyridine rings is 1. The Bertz CT molecular complexity index is 1320. The molecule has 0 amide bonds. The highest BCUT2D eigenvalue weighted by Crippen LogP contribution is 2.32. The van der Waals surface area contributed by atoms with Crippen LogP contribution in [-0.2, 0) is 0 Å². The number of anilines is 1. The lowest BCUT2D eigenvalue weighted by atomic mass is 10.0. The summed E-state index contributed by atoms with van der Waals surface area (Å²) in [5.41, 5.74) is 7.65. The summed E-state index contributed by atoms with van der Waals surface area (Å²) in [6, 6.07) is 8.75. The van der Waals surface area contributed by atoms with Gasteiger partial charge in [0.1, 0.15) is 5.65 Å². The molecule has 33 heavy (non-hydrogen) atoms. The van der Waals surface area contributed by atoms with E-state index in [1.165, 1.54) is 0 Å². The zero-order valence-corrected chi connectivity index (χ0v) is 19.0. The Morgan fingerprint density at radius 3 is 2.85 bits per heavy atom. The van der Waals surface area contributed by atoms with Crippen molar-refractivity contribution in [2.24, 2.45) is 10.2 Å². The summed E-state index contributed by atoms with van der Waals surface area (Å²) < 4.78 is 2.06. The number of piperidine rings is 1. The fourth-order valence-corrected chi connectivity index (χ4v) is 4.37. The van der Waals surface area contributed by atoms with Gasteiger partial charge in [0.15, 0.2) is 0 Å². The molecular weight excluding hydrogens is 412 g/mol. The van der Waals surface area contributed by atoms with E-state index in [0.29, 0.717) is 6.04 Å². The number of hydrogen-bond donors (Lipinski definition) is 3. The number of benzene rings is 1. The molecule has 168 valence electrons. The van der Waals surface area contributed by atoms with Crippen molar-refractivity contribution >= 4 is 28.1 Å². The van der Waals surface area contributed by atoms with E-state index in [1.807, 2.05) is 31.6 Å². The van der Waals surface area contributed by atoms with E-state index < -0.39 is 0 Å². The number of aromatic nitrogens is 4. The Hall–Kier alpha value is -3.78. The van der Waals surface area contributed by atoms with E-state index in [2.05, 4.69) is 71.6 Å². The minimum atomic E-state index is 0.448. The molecule has 8 heteroatoms. The molecule has 1 saturated heterocycles. The molecule has 1 fully saturated rings. The van der Waals surface area contributed by atoms with Crippen molar-refractivity contribution in [1.82, 2.24) is 25.1 Å². The van der Waals surface area contributed by atoms with Gasteiger partial charge in [-0.25, -0.2) is 4.98 Å². The van der Waals surface area contributed by atoms with Gasteiger partial charge in [0.25, 0.3) is 0 Å². The Morgan fingerprint density at radius 1 is 1.21 bits per heavy atom. The number of aryl methyl sites for hydroxylation is 1. The summed E-state index contributed by atoms with van der Waals surface area (Å²) in [6.45, 7) is 8.37. The van der Waals surface area contributed by atoms with E-state index in [-0.39, 0.29) is 0 Å². The minimum absolute atomic E-state index is 0.448. The van der Waals surface area contributed by atoms with Gasteiger partial charge in [0, 0.05) is 47.8 Å². The number of hydrogen-bond acceptors (Lipinski definition) is 6. The van der Waals surface area contributed by atoms with Crippen LogP contribution in [-0.4, -0.2) is 39.9 Å². The van der Waals surface area contributed by atoms with E-state index in [1.54, 1.807) is 7.05 Å². The van der Waals surface area contributed by atoms with Crippen LogP contribution in [0, 0.1) is 6.92 Å². The van der Waals surface area contributed by atoms with Crippen LogP contribution < -0.4 is 10.6 Å². The highest BCUT2D eigenvalue weighted by Gasteiger charge is 2.16. The predicted octanol–water partition coefficient (Wildman–Crippen LogP) is 5.46. The highest BCUT2D eigenvalue weighted by atomic mass is 15.3. The van der Waals surface area contributed by atoms with Crippen molar-refractivity contribution in [3.8, 4) is 11.1 Å². The second kappa shape index (κ2) is 8.99. The van der Waals surface area contributed by atoms with Crippen LogP contribution in [0.4, 0.5) is 11.4 Å². The monoisotopic (exact) mass is 440 g/mol. The quantitative estimate of drug-likeness (QED) is 0.347. The molecule has 8 nitrogen and oxygen atoms in total. The average molecular weight is 441 g/mol. The van der Waals surface area contributed by atoms with Crippen LogP contribution in [0.2, 0.25) is 0 Å². The Labute approximate surface area is 192 Å². The van der Waals surface area contributed by atoms with Gasteiger partial charge in [-0.3, -0.25) is 4.68 Å². The van der Waals surface area contributed by atoms with Gasteiger partial charge in [-0.2, -0.15) is 15.3 Å². The lowest BCUT2D eigenvalue weighted by molar-refractivity contribution is 0.343. The molecule has 1 aliphatic rings. The van der Waals surface area contributed by atoms with Crippen molar-refractivity contribution < 1.29 is 0 Å². The maximum absolute atomic E-state index is 4.62. The van der Waals surface area contributed by atoms with E-state index in [4.69, 9.17) is 0 Å². The molecule has 0 bridgehead atoms. The van der Waals surface area contributed by atoms with Crippen LogP contribution in [0.25, 0.3) is 27.9 Å². The maximum atomic E-state index is 4.62. The largest absolute Gasteiger partial charge is 0.353 e. The number of aromatic amines is 1. The first kappa shape index (κ1) is 21.1. The predicted molar refractivity (Wildman–Crippen MR) is 133 cm³/mol. The summed E-state index contributed by atoms with van der Waals surface area (Å²) in [4.78, 5) is 7.90. The summed E-state index contributed by atoms with van der Waals surface area (Å²) in [5.74, 6) is 0. The third kappa shape index (κ3) is 4.29. The third-order valence-corrected chi connectivity index (χ3v) is 6.17. The normalized spacial score (nSPS) is 14.8. The average Bonchev–Trinajstić information content (AvgIpc) is 3.48. The lowest BCUT2D eigenvalue weighted by Gasteiger charge is -2.22. The topological polar surface area (TPSA) is 95.3 Å². The number of rotatable bonds is 6. The first-order chi connectivity index (χ1) is 16.1. The number of azo groups is 1. The van der Waals surface area contributed by atoms with Crippen molar-refractivity contribution in [3.63, 3.8) is 0 Å². The third-order valence-electron chi connectivity index (χ3n) is 6.17. The van der Waals surface area contributed by atoms with Gasteiger partial charge in [-0.05, 0) is 62.2 Å². The number of fused-ring (bicyclic) bond motifs is 1. The van der Waals surface area contributed by atoms with Gasteiger partial charge < -0.3 is 15.6 Å². The SMILES string of the molecule is C=C(Nc1cnn(C2CCNCC2)c1)c1cnc2[nH]cc(-c3ccc(N=NC)c(C)c3)c2c1. The summed E-state index contributed by atoms with van der Waals surface area (Å²) in [5, 5.41) is 20.5. The molecule has 1 aliphatic heterocycles. The Kier molecular flexibility index (Phi) is 5.75. The second-order valence-corrected chi connectivity index (χ2v) is 8.42. The first-order valence-corrected chi connectivity index (χ1v) is 11.2. The molecule has 5 rings (SSSR count). The summed E-state index contributed by atoms with van der Waals surface area (Å²) in [7, 11) is 1.68. The molecule has 0 saturated carbocycles. The number of nitrogens with zero attached hydrogens (tertiary/aromatic N) is 5. The Balaban J connectivity index is 1.39. The fraction of sp³-hybridized carbons (Fsp3) is 0.280. The zero-order chi connectivity index (χ0) is 22.8. The Morgan fingerprint density at radius 2 is 2.06 bits per heavy atom. The smallest absolute Gasteiger partial charge is 0.137 e. The number of nitrogens with one attached hydrogen (secondary N) is 3. The van der Waals surface area contributed by atoms with E-state index in [0.717, 1.165) is 76.3 Å². The molecule has 3 N–H and O–H groups in total. The molecule has 4 aromatic rings. The van der Waals surface area contributed by atoms with E-state index >= 15 is 0 Å².